The summed E-state index contributed by atoms with van der Waals surface area (Å²) in [4.78, 5) is 35.4. The molecule has 1 rings (SSSR count). The summed E-state index contributed by atoms with van der Waals surface area (Å²) in [6, 6.07) is 8.24. The van der Waals surface area contributed by atoms with Gasteiger partial charge in [-0.25, -0.2) is 0 Å². The first-order valence-electron chi connectivity index (χ1n) is 7.53. The van der Waals surface area contributed by atoms with Crippen LogP contribution in [0.15, 0.2) is 24.3 Å². The lowest BCUT2D eigenvalue weighted by Crippen LogP contribution is -2.33. The van der Waals surface area contributed by atoms with Gasteiger partial charge in [0.1, 0.15) is 18.2 Å². The van der Waals surface area contributed by atoms with Crippen LogP contribution in [0.4, 0.5) is 0 Å². The molecule has 0 unspecified atom stereocenters. The normalized spacial score (nSPS) is 10.9. The van der Waals surface area contributed by atoms with Crippen LogP contribution < -0.4 is 10.1 Å². The van der Waals surface area contributed by atoms with Gasteiger partial charge in [-0.1, -0.05) is 12.1 Å². The van der Waals surface area contributed by atoms with Crippen LogP contribution in [0.5, 0.6) is 5.75 Å². The Balaban J connectivity index is 2.52. The molecule has 0 aliphatic heterocycles. The Morgan fingerprint density at radius 3 is 2.60 bits per heavy atom. The van der Waals surface area contributed by atoms with Crippen molar-refractivity contribution >= 4 is 23.4 Å². The Bertz CT molecular complexity index is 708. The molecule has 132 valence electrons. The molecule has 0 aliphatic carbocycles. The summed E-state index contributed by atoms with van der Waals surface area (Å²) in [6.45, 7) is 2.43. The zero-order valence-electron chi connectivity index (χ0n) is 14.0. The lowest BCUT2D eigenvalue weighted by Gasteiger charge is -2.10. The molecule has 0 aliphatic rings. The maximum absolute atomic E-state index is 12.1. The van der Waals surface area contributed by atoms with Gasteiger partial charge in [-0.3, -0.25) is 14.4 Å². The van der Waals surface area contributed by atoms with Crippen molar-refractivity contribution in [2.24, 2.45) is 5.92 Å². The zero-order chi connectivity index (χ0) is 18.8. The van der Waals surface area contributed by atoms with Crippen molar-refractivity contribution in [2.75, 3.05) is 19.8 Å². The highest BCUT2D eigenvalue weighted by Gasteiger charge is 2.21. The third kappa shape index (κ3) is 6.06. The van der Waals surface area contributed by atoms with Crippen molar-refractivity contribution < 1.29 is 23.9 Å². The van der Waals surface area contributed by atoms with Crippen molar-refractivity contribution in [3.63, 3.8) is 0 Å². The number of ether oxygens (including phenoxy) is 2. The van der Waals surface area contributed by atoms with E-state index in [9.17, 15) is 14.4 Å². The SMILES string of the molecule is CCOc1ccccc1C(=O)NCC(=O)OCC(=O)[C@H](C#N)C(C)=N. The average molecular weight is 345 g/mol. The van der Waals surface area contributed by atoms with Crippen LogP contribution in [0.25, 0.3) is 0 Å². The number of hydrogen-bond acceptors (Lipinski definition) is 7. The fourth-order valence-corrected chi connectivity index (χ4v) is 1.88. The maximum Gasteiger partial charge on any atom is 0.325 e. The largest absolute Gasteiger partial charge is 0.493 e. The Morgan fingerprint density at radius 2 is 2.00 bits per heavy atom. The molecule has 8 heteroatoms. The van der Waals surface area contributed by atoms with Crippen molar-refractivity contribution in [2.45, 2.75) is 13.8 Å². The Labute approximate surface area is 145 Å². The second-order valence-electron chi connectivity index (χ2n) is 4.98. The van der Waals surface area contributed by atoms with E-state index in [1.807, 2.05) is 0 Å². The molecule has 1 amide bonds. The number of amides is 1. The number of esters is 1. The van der Waals surface area contributed by atoms with Gasteiger partial charge in [0.2, 0.25) is 0 Å². The predicted octanol–water partition coefficient (Wildman–Crippen LogP) is 1.11. The van der Waals surface area contributed by atoms with Gasteiger partial charge in [0, 0.05) is 5.71 Å². The van der Waals surface area contributed by atoms with E-state index in [2.05, 4.69) is 5.32 Å². The van der Waals surface area contributed by atoms with Crippen molar-refractivity contribution in [3.05, 3.63) is 29.8 Å². The van der Waals surface area contributed by atoms with Gasteiger partial charge >= 0.3 is 5.97 Å². The standard InChI is InChI=1S/C17H19N3O5/c1-3-24-15-7-5-4-6-12(15)17(23)20-9-16(22)25-10-14(21)13(8-18)11(2)19/h4-7,13,19H,3,9-10H2,1-2H3,(H,20,23)/t13-/m1/s1. The van der Waals surface area contributed by atoms with Crippen molar-refractivity contribution in [1.82, 2.24) is 5.32 Å². The van der Waals surface area contributed by atoms with E-state index < -0.39 is 36.7 Å². The minimum absolute atomic E-state index is 0.121. The number of carbonyl (C=O) groups is 3. The molecule has 25 heavy (non-hydrogen) atoms. The molecular formula is C17H19N3O5. The van der Waals surface area contributed by atoms with E-state index in [1.165, 1.54) is 6.92 Å². The van der Waals surface area contributed by atoms with Crippen molar-refractivity contribution in [1.29, 1.82) is 10.7 Å². The number of carbonyl (C=O) groups excluding carboxylic acids is 3. The molecule has 1 aromatic carbocycles. The first kappa shape index (κ1) is 19.8. The number of nitrogens with zero attached hydrogens (tertiary/aromatic N) is 1. The Morgan fingerprint density at radius 1 is 1.32 bits per heavy atom. The first-order chi connectivity index (χ1) is 11.9. The van der Waals surface area contributed by atoms with Crippen LogP contribution in [0.1, 0.15) is 24.2 Å². The van der Waals surface area contributed by atoms with Gasteiger partial charge < -0.3 is 20.2 Å². The van der Waals surface area contributed by atoms with E-state index in [0.29, 0.717) is 12.4 Å². The second-order valence-corrected chi connectivity index (χ2v) is 4.98. The van der Waals surface area contributed by atoms with Crippen LogP contribution in [-0.2, 0) is 14.3 Å². The number of rotatable bonds is 9. The second kappa shape index (κ2) is 9.82. The fraction of sp³-hybridized carbons (Fsp3) is 0.353. The van der Waals surface area contributed by atoms with Crippen LogP contribution in [0.2, 0.25) is 0 Å². The highest BCUT2D eigenvalue weighted by Crippen LogP contribution is 2.17. The Hall–Kier alpha value is -3.21. The summed E-state index contributed by atoms with van der Waals surface area (Å²) in [6.07, 6.45) is 0. The summed E-state index contributed by atoms with van der Waals surface area (Å²) in [5.74, 6) is -2.87. The third-order valence-corrected chi connectivity index (χ3v) is 3.08. The molecule has 8 nitrogen and oxygen atoms in total. The van der Waals surface area contributed by atoms with Crippen LogP contribution in [-0.4, -0.2) is 43.1 Å². The molecule has 0 aromatic heterocycles. The molecule has 0 saturated carbocycles. The molecule has 0 saturated heterocycles. The van der Waals surface area contributed by atoms with Crippen LogP contribution >= 0.6 is 0 Å². The molecule has 0 spiro atoms. The molecular weight excluding hydrogens is 326 g/mol. The van der Waals surface area contributed by atoms with Gasteiger partial charge in [0.05, 0.1) is 18.2 Å². The Kier molecular flexibility index (Phi) is 7.79. The highest BCUT2D eigenvalue weighted by molar-refractivity contribution is 6.06. The summed E-state index contributed by atoms with van der Waals surface area (Å²) in [5, 5.41) is 18.5. The number of Topliss-reactive ketones (excluding diaryl/α,β-unsaturated/α-hetero) is 1. The number of nitrogens with one attached hydrogen (secondary N) is 2. The van der Waals surface area contributed by atoms with Crippen LogP contribution in [0.3, 0.4) is 0 Å². The van der Waals surface area contributed by atoms with Gasteiger partial charge in [0.25, 0.3) is 5.91 Å². The summed E-state index contributed by atoms with van der Waals surface area (Å²) < 4.78 is 10.1. The first-order valence-corrected chi connectivity index (χ1v) is 7.53. The maximum atomic E-state index is 12.1. The monoisotopic (exact) mass is 345 g/mol. The van der Waals surface area contributed by atoms with E-state index in [-0.39, 0.29) is 11.3 Å². The average Bonchev–Trinajstić information content (AvgIpc) is 2.59. The lowest BCUT2D eigenvalue weighted by molar-refractivity contribution is -0.147. The van der Waals surface area contributed by atoms with E-state index in [4.69, 9.17) is 20.1 Å². The fourth-order valence-electron chi connectivity index (χ4n) is 1.88. The summed E-state index contributed by atoms with van der Waals surface area (Å²) in [7, 11) is 0. The van der Waals surface area contributed by atoms with Crippen LogP contribution in [0, 0.1) is 22.7 Å². The number of hydrogen-bond donors (Lipinski definition) is 2. The minimum Gasteiger partial charge on any atom is -0.493 e. The van der Waals surface area contributed by atoms with E-state index in [0.717, 1.165) is 0 Å². The van der Waals surface area contributed by atoms with Gasteiger partial charge in [-0.2, -0.15) is 5.26 Å². The highest BCUT2D eigenvalue weighted by atomic mass is 16.5. The quantitative estimate of drug-likeness (QED) is 0.509. The van der Waals surface area contributed by atoms with Gasteiger partial charge in [0.15, 0.2) is 12.4 Å². The molecule has 1 atom stereocenters. The minimum atomic E-state index is -1.24. The molecule has 0 heterocycles. The molecule has 0 fully saturated rings. The van der Waals surface area contributed by atoms with E-state index >= 15 is 0 Å². The van der Waals surface area contributed by atoms with Crippen molar-refractivity contribution in [3.8, 4) is 11.8 Å². The number of para-hydroxylation sites is 1. The summed E-state index contributed by atoms with van der Waals surface area (Å²) >= 11 is 0. The summed E-state index contributed by atoms with van der Waals surface area (Å²) in [5.41, 5.74) is 0.154. The van der Waals surface area contributed by atoms with Gasteiger partial charge in [-0.05, 0) is 26.0 Å². The van der Waals surface area contributed by atoms with Gasteiger partial charge in [-0.15, -0.1) is 0 Å². The lowest BCUT2D eigenvalue weighted by atomic mass is 10.0. The smallest absolute Gasteiger partial charge is 0.325 e. The molecule has 2 N–H and O–H groups in total. The molecule has 1 aromatic rings. The number of nitriles is 1. The third-order valence-electron chi connectivity index (χ3n) is 3.08. The zero-order valence-corrected chi connectivity index (χ0v) is 14.0. The topological polar surface area (TPSA) is 129 Å². The molecule has 0 bridgehead atoms. The number of benzene rings is 1. The predicted molar refractivity (Wildman–Crippen MR) is 88.4 cm³/mol. The molecule has 0 radical (unpaired) electrons. The number of ketones is 1. The van der Waals surface area contributed by atoms with E-state index in [1.54, 1.807) is 37.3 Å².